The molecule has 0 aliphatic heterocycles. The Hall–Kier alpha value is -2.34. The van der Waals surface area contributed by atoms with Crippen molar-refractivity contribution >= 4 is 27.3 Å². The Kier molecular flexibility index (Phi) is 7.02. The van der Waals surface area contributed by atoms with E-state index in [-0.39, 0.29) is 12.5 Å². The molecule has 0 spiro atoms. The maximum absolute atomic E-state index is 12.8. The number of benzene rings is 2. The van der Waals surface area contributed by atoms with E-state index in [1.165, 1.54) is 4.31 Å². The van der Waals surface area contributed by atoms with Gasteiger partial charge in [-0.2, -0.15) is 0 Å². The molecule has 1 N–H and O–H groups in total. The number of hydrogen-bond donors (Lipinski definition) is 1. The molecule has 0 unspecified atom stereocenters. The third-order valence-electron chi connectivity index (χ3n) is 4.59. The molecule has 6 heteroatoms. The van der Waals surface area contributed by atoms with Crippen molar-refractivity contribution < 1.29 is 13.2 Å². The lowest BCUT2D eigenvalue weighted by Crippen LogP contribution is -2.38. The van der Waals surface area contributed by atoms with E-state index >= 15 is 0 Å². The van der Waals surface area contributed by atoms with Crippen molar-refractivity contribution in [3.63, 3.8) is 0 Å². The van der Waals surface area contributed by atoms with E-state index in [0.29, 0.717) is 12.1 Å². The van der Waals surface area contributed by atoms with Gasteiger partial charge in [0.05, 0.1) is 11.9 Å². The van der Waals surface area contributed by atoms with Crippen molar-refractivity contribution in [3.8, 4) is 0 Å². The van der Waals surface area contributed by atoms with E-state index in [2.05, 4.69) is 5.32 Å². The number of nitrogens with zero attached hydrogens (tertiary/aromatic N) is 1. The zero-order valence-corrected chi connectivity index (χ0v) is 17.3. The standard InChI is InChI=1S/C21H28N2O3S/c1-5-16-11-8-9-14-19(16)23(27(4,25)26)15-20(24)22-21-17(6-2)12-10-13-18(21)7-3/h8-14H,5-7,15H2,1-4H3,(H,22,24). The van der Waals surface area contributed by atoms with Crippen molar-refractivity contribution in [3.05, 3.63) is 59.2 Å². The van der Waals surface area contributed by atoms with Gasteiger partial charge in [-0.15, -0.1) is 0 Å². The number of anilines is 2. The first-order valence-electron chi connectivity index (χ1n) is 9.28. The topological polar surface area (TPSA) is 66.5 Å². The fourth-order valence-electron chi connectivity index (χ4n) is 3.15. The molecule has 1 amide bonds. The number of hydrogen-bond acceptors (Lipinski definition) is 3. The van der Waals surface area contributed by atoms with Crippen molar-refractivity contribution in [1.29, 1.82) is 0 Å². The minimum atomic E-state index is -3.60. The summed E-state index contributed by atoms with van der Waals surface area (Å²) < 4.78 is 25.9. The van der Waals surface area contributed by atoms with Gasteiger partial charge in [-0.1, -0.05) is 57.2 Å². The number of sulfonamides is 1. The summed E-state index contributed by atoms with van der Waals surface area (Å²) in [6.45, 7) is 5.77. The average Bonchev–Trinajstić information content (AvgIpc) is 2.65. The van der Waals surface area contributed by atoms with Crippen LogP contribution in [0.15, 0.2) is 42.5 Å². The maximum atomic E-state index is 12.8. The Bertz CT molecular complexity index is 885. The molecule has 0 saturated heterocycles. The summed E-state index contributed by atoms with van der Waals surface area (Å²) in [4.78, 5) is 12.8. The Morgan fingerprint density at radius 3 is 1.93 bits per heavy atom. The molecule has 27 heavy (non-hydrogen) atoms. The van der Waals surface area contributed by atoms with Crippen LogP contribution in [0.5, 0.6) is 0 Å². The molecule has 2 aromatic carbocycles. The third kappa shape index (κ3) is 5.10. The van der Waals surface area contributed by atoms with Crippen LogP contribution in [-0.4, -0.2) is 27.1 Å². The highest BCUT2D eigenvalue weighted by molar-refractivity contribution is 7.92. The Labute approximate surface area is 162 Å². The van der Waals surface area contributed by atoms with E-state index in [1.807, 2.05) is 51.1 Å². The average molecular weight is 389 g/mol. The zero-order chi connectivity index (χ0) is 20.0. The van der Waals surface area contributed by atoms with Gasteiger partial charge in [0.15, 0.2) is 0 Å². The molecule has 0 radical (unpaired) electrons. The van der Waals surface area contributed by atoms with Crippen LogP contribution in [-0.2, 0) is 34.1 Å². The van der Waals surface area contributed by atoms with E-state index in [1.54, 1.807) is 12.1 Å². The first kappa shape index (κ1) is 21.0. The van der Waals surface area contributed by atoms with Gasteiger partial charge >= 0.3 is 0 Å². The van der Waals surface area contributed by atoms with Crippen LogP contribution in [0, 0.1) is 0 Å². The van der Waals surface area contributed by atoms with Crippen LogP contribution in [0.3, 0.4) is 0 Å². The minimum absolute atomic E-state index is 0.253. The number of carbonyl (C=O) groups excluding carboxylic acids is 1. The fraction of sp³-hybridized carbons (Fsp3) is 0.381. The second-order valence-electron chi connectivity index (χ2n) is 6.46. The summed E-state index contributed by atoms with van der Waals surface area (Å²) in [7, 11) is -3.60. The summed E-state index contributed by atoms with van der Waals surface area (Å²) in [5, 5.41) is 2.95. The van der Waals surface area contributed by atoms with Crippen LogP contribution in [0.2, 0.25) is 0 Å². The lowest BCUT2D eigenvalue weighted by molar-refractivity contribution is -0.114. The molecule has 0 aliphatic rings. The molecule has 0 aromatic heterocycles. The first-order chi connectivity index (χ1) is 12.8. The van der Waals surface area contributed by atoms with Gasteiger partial charge in [-0.05, 0) is 42.0 Å². The van der Waals surface area contributed by atoms with Crippen LogP contribution in [0.1, 0.15) is 37.5 Å². The highest BCUT2D eigenvalue weighted by atomic mass is 32.2. The van der Waals surface area contributed by atoms with Gasteiger partial charge < -0.3 is 5.32 Å². The number of para-hydroxylation sites is 2. The molecular weight excluding hydrogens is 360 g/mol. The Morgan fingerprint density at radius 1 is 0.889 bits per heavy atom. The van der Waals surface area contributed by atoms with Crippen LogP contribution in [0.4, 0.5) is 11.4 Å². The smallest absolute Gasteiger partial charge is 0.245 e. The molecule has 2 aromatic rings. The van der Waals surface area contributed by atoms with Gasteiger partial charge in [0.1, 0.15) is 6.54 Å². The van der Waals surface area contributed by atoms with Gasteiger partial charge in [0.2, 0.25) is 15.9 Å². The molecule has 0 fully saturated rings. The maximum Gasteiger partial charge on any atom is 0.245 e. The normalized spacial score (nSPS) is 11.3. The quantitative estimate of drug-likeness (QED) is 0.748. The molecule has 0 heterocycles. The summed E-state index contributed by atoms with van der Waals surface area (Å²) in [6.07, 6.45) is 3.39. The number of aryl methyl sites for hydroxylation is 3. The molecule has 146 valence electrons. The number of rotatable bonds is 8. The lowest BCUT2D eigenvalue weighted by Gasteiger charge is -2.25. The molecule has 2 rings (SSSR count). The van der Waals surface area contributed by atoms with Crippen molar-refractivity contribution in [2.24, 2.45) is 0 Å². The summed E-state index contributed by atoms with van der Waals surface area (Å²) in [5.74, 6) is -0.345. The summed E-state index contributed by atoms with van der Waals surface area (Å²) in [6, 6.07) is 13.2. The molecule has 0 bridgehead atoms. The van der Waals surface area contributed by atoms with Gasteiger partial charge in [-0.3, -0.25) is 9.10 Å². The lowest BCUT2D eigenvalue weighted by atomic mass is 10.0. The number of amides is 1. The number of carbonyl (C=O) groups is 1. The number of nitrogens with one attached hydrogen (secondary N) is 1. The minimum Gasteiger partial charge on any atom is -0.324 e. The van der Waals surface area contributed by atoms with E-state index in [0.717, 1.165) is 41.5 Å². The van der Waals surface area contributed by atoms with E-state index in [4.69, 9.17) is 0 Å². The van der Waals surface area contributed by atoms with Crippen molar-refractivity contribution in [2.45, 2.75) is 40.0 Å². The van der Waals surface area contributed by atoms with Gasteiger partial charge in [0.25, 0.3) is 0 Å². The highest BCUT2D eigenvalue weighted by Crippen LogP contribution is 2.25. The van der Waals surface area contributed by atoms with Crippen molar-refractivity contribution in [1.82, 2.24) is 0 Å². The van der Waals surface area contributed by atoms with Crippen LogP contribution in [0.25, 0.3) is 0 Å². The Balaban J connectivity index is 2.34. The highest BCUT2D eigenvalue weighted by Gasteiger charge is 2.23. The predicted octanol–water partition coefficient (Wildman–Crippen LogP) is 3.78. The van der Waals surface area contributed by atoms with E-state index < -0.39 is 10.0 Å². The molecular formula is C21H28N2O3S. The molecule has 0 aliphatic carbocycles. The zero-order valence-electron chi connectivity index (χ0n) is 16.5. The summed E-state index contributed by atoms with van der Waals surface area (Å²) in [5.41, 5.74) is 4.32. The van der Waals surface area contributed by atoms with Crippen LogP contribution < -0.4 is 9.62 Å². The van der Waals surface area contributed by atoms with Crippen molar-refractivity contribution in [2.75, 3.05) is 22.4 Å². The fourth-order valence-corrected chi connectivity index (χ4v) is 4.03. The SMILES string of the molecule is CCc1ccccc1N(CC(=O)Nc1c(CC)cccc1CC)S(C)(=O)=O. The van der Waals surface area contributed by atoms with Gasteiger partial charge in [0, 0.05) is 5.69 Å². The Morgan fingerprint density at radius 2 is 1.41 bits per heavy atom. The third-order valence-corrected chi connectivity index (χ3v) is 5.72. The molecule has 0 atom stereocenters. The van der Waals surface area contributed by atoms with Crippen LogP contribution >= 0.6 is 0 Å². The largest absolute Gasteiger partial charge is 0.324 e. The predicted molar refractivity (Wildman–Crippen MR) is 112 cm³/mol. The monoisotopic (exact) mass is 388 g/mol. The molecule has 0 saturated carbocycles. The summed E-state index contributed by atoms with van der Waals surface area (Å²) >= 11 is 0. The second kappa shape index (κ2) is 9.04. The molecule has 5 nitrogen and oxygen atoms in total. The van der Waals surface area contributed by atoms with E-state index in [9.17, 15) is 13.2 Å². The second-order valence-corrected chi connectivity index (χ2v) is 8.37. The first-order valence-corrected chi connectivity index (χ1v) is 11.1. The van der Waals surface area contributed by atoms with Gasteiger partial charge in [-0.25, -0.2) is 8.42 Å².